The van der Waals surface area contributed by atoms with Crippen molar-refractivity contribution in [2.24, 2.45) is 11.8 Å². The Bertz CT molecular complexity index is 739. The summed E-state index contributed by atoms with van der Waals surface area (Å²) >= 11 is 1.66. The minimum atomic E-state index is 0.0415. The number of fused-ring (bicyclic) bond motifs is 1. The van der Waals surface area contributed by atoms with Gasteiger partial charge in [0.15, 0.2) is 5.13 Å². The highest BCUT2D eigenvalue weighted by molar-refractivity contribution is 7.15. The Balaban J connectivity index is 1.34. The van der Waals surface area contributed by atoms with Gasteiger partial charge in [-0.05, 0) is 44.1 Å². The predicted octanol–water partition coefficient (Wildman–Crippen LogP) is 2.91. The lowest BCUT2D eigenvalue weighted by atomic mass is 9.93. The molecule has 2 aromatic heterocycles. The van der Waals surface area contributed by atoms with E-state index in [4.69, 9.17) is 0 Å². The van der Waals surface area contributed by atoms with Crippen molar-refractivity contribution in [3.05, 3.63) is 29.0 Å². The van der Waals surface area contributed by atoms with Crippen LogP contribution in [0.5, 0.6) is 0 Å². The molecular formula is C18H23N5OS. The van der Waals surface area contributed by atoms with Crippen molar-refractivity contribution < 1.29 is 4.79 Å². The van der Waals surface area contributed by atoms with Crippen molar-refractivity contribution in [1.29, 1.82) is 0 Å². The molecule has 7 heteroatoms. The number of anilines is 2. The van der Waals surface area contributed by atoms with Gasteiger partial charge in [0.1, 0.15) is 0 Å². The molecule has 0 unspecified atom stereocenters. The van der Waals surface area contributed by atoms with Crippen molar-refractivity contribution in [2.45, 2.75) is 39.0 Å². The molecule has 4 rings (SSSR count). The number of nitrogens with zero attached hydrogens (tertiary/aromatic N) is 4. The molecule has 0 aromatic carbocycles. The second-order valence-electron chi connectivity index (χ2n) is 7.04. The van der Waals surface area contributed by atoms with E-state index in [-0.39, 0.29) is 11.8 Å². The topological polar surface area (TPSA) is 71.0 Å². The molecule has 1 aliphatic heterocycles. The number of aryl methyl sites for hydroxylation is 1. The molecule has 0 bridgehead atoms. The van der Waals surface area contributed by atoms with Gasteiger partial charge in [-0.3, -0.25) is 4.79 Å². The summed E-state index contributed by atoms with van der Waals surface area (Å²) in [6, 6.07) is 1.82. The molecule has 6 nitrogen and oxygen atoms in total. The fraction of sp³-hybridized carbons (Fsp3) is 0.556. The zero-order valence-corrected chi connectivity index (χ0v) is 15.3. The molecule has 1 aliphatic carbocycles. The maximum absolute atomic E-state index is 12.6. The van der Waals surface area contributed by atoms with E-state index in [1.165, 1.54) is 17.0 Å². The van der Waals surface area contributed by atoms with Crippen molar-refractivity contribution >= 4 is 28.3 Å². The van der Waals surface area contributed by atoms with E-state index < -0.39 is 0 Å². The SMILES string of the molecule is C[C@H]1CCc2nc(NC(=O)C3CCN(c4ncccn4)CC3)sc2C1. The fourth-order valence-corrected chi connectivity index (χ4v) is 4.77. The zero-order valence-electron chi connectivity index (χ0n) is 14.4. The second kappa shape index (κ2) is 7.07. The standard InChI is InChI=1S/C18H23N5OS/c1-12-3-4-14-15(11-12)25-18(21-14)22-16(24)13-5-9-23(10-6-13)17-19-7-2-8-20-17/h2,7-8,12-13H,3-6,9-11H2,1H3,(H,21,22,24)/t12-/m0/s1. The van der Waals surface area contributed by atoms with Crippen molar-refractivity contribution in [1.82, 2.24) is 15.0 Å². The number of hydrogen-bond donors (Lipinski definition) is 1. The Kier molecular flexibility index (Phi) is 4.65. The third-order valence-electron chi connectivity index (χ3n) is 5.12. The molecule has 1 atom stereocenters. The first-order valence-electron chi connectivity index (χ1n) is 9.00. The average molecular weight is 357 g/mol. The van der Waals surface area contributed by atoms with Gasteiger partial charge in [0.05, 0.1) is 5.69 Å². The van der Waals surface area contributed by atoms with Crippen LogP contribution in [0.4, 0.5) is 11.1 Å². The highest BCUT2D eigenvalue weighted by Gasteiger charge is 2.27. The second-order valence-corrected chi connectivity index (χ2v) is 8.12. The molecule has 25 heavy (non-hydrogen) atoms. The number of aromatic nitrogens is 3. The quantitative estimate of drug-likeness (QED) is 0.914. The highest BCUT2D eigenvalue weighted by atomic mass is 32.1. The van der Waals surface area contributed by atoms with E-state index in [1.54, 1.807) is 23.7 Å². The lowest BCUT2D eigenvalue weighted by Crippen LogP contribution is -2.39. The Morgan fingerprint density at radius 1 is 1.24 bits per heavy atom. The minimum absolute atomic E-state index is 0.0415. The zero-order chi connectivity index (χ0) is 17.2. The van der Waals surface area contributed by atoms with Crippen LogP contribution in [0.15, 0.2) is 18.5 Å². The summed E-state index contributed by atoms with van der Waals surface area (Å²) in [6.45, 7) is 3.91. The summed E-state index contributed by atoms with van der Waals surface area (Å²) in [5.41, 5.74) is 1.19. The largest absolute Gasteiger partial charge is 0.341 e. The van der Waals surface area contributed by atoms with E-state index in [2.05, 4.69) is 32.1 Å². The van der Waals surface area contributed by atoms with Crippen LogP contribution in [0.2, 0.25) is 0 Å². The molecule has 0 saturated carbocycles. The maximum atomic E-state index is 12.6. The predicted molar refractivity (Wildman–Crippen MR) is 98.9 cm³/mol. The number of amides is 1. The van der Waals surface area contributed by atoms with Gasteiger partial charge in [0.25, 0.3) is 0 Å². The third-order valence-corrected chi connectivity index (χ3v) is 6.15. The first-order chi connectivity index (χ1) is 12.2. The monoisotopic (exact) mass is 357 g/mol. The molecular weight excluding hydrogens is 334 g/mol. The first kappa shape index (κ1) is 16.4. The molecule has 1 fully saturated rings. The van der Waals surface area contributed by atoms with Crippen LogP contribution in [0.3, 0.4) is 0 Å². The Morgan fingerprint density at radius 3 is 2.76 bits per heavy atom. The molecule has 3 heterocycles. The Labute approximate surface area is 151 Å². The van der Waals surface area contributed by atoms with Crippen LogP contribution in [0, 0.1) is 11.8 Å². The van der Waals surface area contributed by atoms with Gasteiger partial charge in [-0.15, -0.1) is 11.3 Å². The number of thiazole rings is 1. The summed E-state index contributed by atoms with van der Waals surface area (Å²) in [6.07, 6.45) is 8.50. The first-order valence-corrected chi connectivity index (χ1v) is 9.82. The smallest absolute Gasteiger partial charge is 0.229 e. The lowest BCUT2D eigenvalue weighted by molar-refractivity contribution is -0.120. The van der Waals surface area contributed by atoms with Crippen LogP contribution in [-0.4, -0.2) is 33.9 Å². The van der Waals surface area contributed by atoms with Gasteiger partial charge in [0, 0.05) is 36.3 Å². The molecule has 1 N–H and O–H groups in total. The molecule has 2 aliphatic rings. The van der Waals surface area contributed by atoms with E-state index in [0.717, 1.165) is 55.8 Å². The van der Waals surface area contributed by atoms with E-state index >= 15 is 0 Å². The van der Waals surface area contributed by atoms with Crippen molar-refractivity contribution in [2.75, 3.05) is 23.3 Å². The van der Waals surface area contributed by atoms with Gasteiger partial charge in [-0.1, -0.05) is 6.92 Å². The van der Waals surface area contributed by atoms with Crippen LogP contribution < -0.4 is 10.2 Å². The van der Waals surface area contributed by atoms with Crippen LogP contribution in [0.25, 0.3) is 0 Å². The average Bonchev–Trinajstić information content (AvgIpc) is 3.04. The number of hydrogen-bond acceptors (Lipinski definition) is 6. The Hall–Kier alpha value is -2.02. The molecule has 132 valence electrons. The normalized spacial score (nSPS) is 21.0. The summed E-state index contributed by atoms with van der Waals surface area (Å²) in [5.74, 6) is 1.62. The number of piperidine rings is 1. The number of carbonyl (C=O) groups excluding carboxylic acids is 1. The van der Waals surface area contributed by atoms with Crippen LogP contribution in [0.1, 0.15) is 36.8 Å². The van der Waals surface area contributed by atoms with E-state index in [9.17, 15) is 4.79 Å². The summed E-state index contributed by atoms with van der Waals surface area (Å²) in [7, 11) is 0. The molecule has 2 aromatic rings. The summed E-state index contributed by atoms with van der Waals surface area (Å²) < 4.78 is 0. The third kappa shape index (κ3) is 3.66. The van der Waals surface area contributed by atoms with Gasteiger partial charge < -0.3 is 10.2 Å². The van der Waals surface area contributed by atoms with Gasteiger partial charge in [0.2, 0.25) is 11.9 Å². The number of rotatable bonds is 3. The van der Waals surface area contributed by atoms with Crippen molar-refractivity contribution in [3.63, 3.8) is 0 Å². The van der Waals surface area contributed by atoms with E-state index in [0.29, 0.717) is 0 Å². The van der Waals surface area contributed by atoms with Crippen molar-refractivity contribution in [3.8, 4) is 0 Å². The van der Waals surface area contributed by atoms with Gasteiger partial charge in [-0.25, -0.2) is 15.0 Å². The molecule has 1 amide bonds. The fourth-order valence-electron chi connectivity index (χ4n) is 3.60. The maximum Gasteiger partial charge on any atom is 0.229 e. The van der Waals surface area contributed by atoms with Gasteiger partial charge in [-0.2, -0.15) is 0 Å². The molecule has 0 radical (unpaired) electrons. The van der Waals surface area contributed by atoms with Crippen LogP contribution >= 0.6 is 11.3 Å². The molecule has 1 saturated heterocycles. The van der Waals surface area contributed by atoms with Gasteiger partial charge >= 0.3 is 0 Å². The Morgan fingerprint density at radius 2 is 2.00 bits per heavy atom. The molecule has 0 spiro atoms. The summed E-state index contributed by atoms with van der Waals surface area (Å²) in [4.78, 5) is 29.3. The lowest BCUT2D eigenvalue weighted by Gasteiger charge is -2.30. The highest BCUT2D eigenvalue weighted by Crippen LogP contribution is 2.32. The van der Waals surface area contributed by atoms with E-state index in [1.807, 2.05) is 6.07 Å². The number of nitrogens with one attached hydrogen (secondary N) is 1. The minimum Gasteiger partial charge on any atom is -0.341 e. The summed E-state index contributed by atoms with van der Waals surface area (Å²) in [5, 5.41) is 3.83. The van der Waals surface area contributed by atoms with Crippen LogP contribution in [-0.2, 0) is 17.6 Å². The number of carbonyl (C=O) groups is 1.